The molecule has 1 rings (SSSR count). The molecule has 0 heterocycles. The van der Waals surface area contributed by atoms with Gasteiger partial charge in [-0.3, -0.25) is 0 Å². The monoisotopic (exact) mass is 217 g/mol. The predicted molar refractivity (Wildman–Crippen MR) is 58.8 cm³/mol. The molecule has 0 spiro atoms. The summed E-state index contributed by atoms with van der Waals surface area (Å²) < 4.78 is 0. The fourth-order valence-corrected chi connectivity index (χ4v) is 1.12. The second kappa shape index (κ2) is 5.86. The van der Waals surface area contributed by atoms with Gasteiger partial charge < -0.3 is 15.5 Å². The van der Waals surface area contributed by atoms with Gasteiger partial charge in [0.15, 0.2) is 0 Å². The number of halogens is 1. The summed E-state index contributed by atoms with van der Waals surface area (Å²) >= 11 is 0. The van der Waals surface area contributed by atoms with Gasteiger partial charge in [-0.1, -0.05) is 12.1 Å². The number of benzene rings is 1. The molecule has 1 unspecified atom stereocenters. The Hall–Kier alpha value is -0.770. The third-order valence-electron chi connectivity index (χ3n) is 2.16. The Morgan fingerprint density at radius 2 is 1.71 bits per heavy atom. The molecule has 0 aliphatic rings. The highest BCUT2D eigenvalue weighted by Gasteiger charge is 2.13. The van der Waals surface area contributed by atoms with E-state index in [-0.39, 0.29) is 24.2 Å². The first-order valence-electron chi connectivity index (χ1n) is 4.29. The Bertz CT molecular complexity index is 263. The SMILES string of the molecule is CN[C@H](C)C(O)c1ccc(O)cc1.Cl. The Balaban J connectivity index is 0.00000169. The lowest BCUT2D eigenvalue weighted by atomic mass is 10.0. The largest absolute Gasteiger partial charge is 0.508 e. The zero-order valence-electron chi connectivity index (χ0n) is 8.27. The number of aliphatic hydroxyl groups excluding tert-OH is 1. The topological polar surface area (TPSA) is 52.5 Å². The van der Waals surface area contributed by atoms with Crippen LogP contribution < -0.4 is 5.32 Å². The van der Waals surface area contributed by atoms with Gasteiger partial charge in [0.25, 0.3) is 0 Å². The van der Waals surface area contributed by atoms with Crippen molar-refractivity contribution in [3.8, 4) is 5.75 Å². The third kappa shape index (κ3) is 3.18. The molecule has 4 heteroatoms. The van der Waals surface area contributed by atoms with Crippen LogP contribution >= 0.6 is 12.4 Å². The van der Waals surface area contributed by atoms with Gasteiger partial charge in [0.05, 0.1) is 6.10 Å². The average molecular weight is 218 g/mol. The van der Waals surface area contributed by atoms with Gasteiger partial charge in [0.2, 0.25) is 0 Å². The molecule has 0 bridgehead atoms. The smallest absolute Gasteiger partial charge is 0.115 e. The van der Waals surface area contributed by atoms with Crippen LogP contribution in [0.25, 0.3) is 0 Å². The first-order valence-corrected chi connectivity index (χ1v) is 4.29. The molecule has 0 saturated carbocycles. The van der Waals surface area contributed by atoms with Crippen LogP contribution in [0.1, 0.15) is 18.6 Å². The molecule has 3 N–H and O–H groups in total. The minimum Gasteiger partial charge on any atom is -0.508 e. The summed E-state index contributed by atoms with van der Waals surface area (Å²) in [6.07, 6.45) is -0.536. The number of aliphatic hydroxyl groups is 1. The Labute approximate surface area is 90.2 Å². The number of phenolic OH excluding ortho intramolecular Hbond substituents is 1. The highest BCUT2D eigenvalue weighted by Crippen LogP contribution is 2.19. The summed E-state index contributed by atoms with van der Waals surface area (Å²) in [5.74, 6) is 0.216. The molecule has 0 fully saturated rings. The maximum atomic E-state index is 9.74. The Kier molecular flexibility index (Phi) is 5.53. The maximum Gasteiger partial charge on any atom is 0.115 e. The molecule has 0 aromatic heterocycles. The summed E-state index contributed by atoms with van der Waals surface area (Å²) in [6.45, 7) is 1.90. The molecule has 2 atom stereocenters. The lowest BCUT2D eigenvalue weighted by molar-refractivity contribution is 0.140. The van der Waals surface area contributed by atoms with E-state index in [1.807, 2.05) is 6.92 Å². The number of phenols is 1. The molecule has 3 nitrogen and oxygen atoms in total. The zero-order valence-corrected chi connectivity index (χ0v) is 9.08. The molecule has 0 amide bonds. The highest BCUT2D eigenvalue weighted by molar-refractivity contribution is 5.85. The highest BCUT2D eigenvalue weighted by atomic mass is 35.5. The van der Waals surface area contributed by atoms with Gasteiger partial charge in [-0.2, -0.15) is 0 Å². The van der Waals surface area contributed by atoms with Gasteiger partial charge in [-0.25, -0.2) is 0 Å². The van der Waals surface area contributed by atoms with E-state index in [9.17, 15) is 5.11 Å². The fourth-order valence-electron chi connectivity index (χ4n) is 1.12. The minimum absolute atomic E-state index is 0. The average Bonchev–Trinajstić information content (AvgIpc) is 2.17. The molecule has 0 radical (unpaired) electrons. The molecule has 1 aromatic rings. The Morgan fingerprint density at radius 3 is 2.14 bits per heavy atom. The normalized spacial score (nSPS) is 14.2. The van der Waals surface area contributed by atoms with Gasteiger partial charge in [0, 0.05) is 6.04 Å². The molecule has 0 aliphatic carbocycles. The van der Waals surface area contributed by atoms with E-state index in [1.165, 1.54) is 0 Å². The van der Waals surface area contributed by atoms with Crippen molar-refractivity contribution >= 4 is 12.4 Å². The van der Waals surface area contributed by atoms with Crippen LogP contribution in [0.3, 0.4) is 0 Å². The second-order valence-electron chi connectivity index (χ2n) is 3.11. The standard InChI is InChI=1S/C10H15NO2.ClH/c1-7(11-2)10(13)8-3-5-9(12)6-4-8;/h3-7,10-13H,1-2H3;1H/t7-,10?;/m1./s1. The number of likely N-dealkylation sites (N-methyl/N-ethyl adjacent to an activating group) is 1. The Morgan fingerprint density at radius 1 is 1.21 bits per heavy atom. The molecule has 80 valence electrons. The first kappa shape index (κ1) is 13.2. The predicted octanol–water partition coefficient (Wildman–Crippen LogP) is 1.46. The second-order valence-corrected chi connectivity index (χ2v) is 3.11. The number of hydrogen-bond donors (Lipinski definition) is 3. The summed E-state index contributed by atoms with van der Waals surface area (Å²) in [5.41, 5.74) is 0.805. The lowest BCUT2D eigenvalue weighted by Crippen LogP contribution is -2.28. The van der Waals surface area contributed by atoms with Crippen molar-refractivity contribution in [1.82, 2.24) is 5.32 Å². The minimum atomic E-state index is -0.536. The van der Waals surface area contributed by atoms with E-state index in [4.69, 9.17) is 5.11 Å². The van der Waals surface area contributed by atoms with Crippen molar-refractivity contribution in [1.29, 1.82) is 0 Å². The van der Waals surface area contributed by atoms with Crippen molar-refractivity contribution in [2.45, 2.75) is 19.1 Å². The zero-order chi connectivity index (χ0) is 9.84. The van der Waals surface area contributed by atoms with Gasteiger partial charge in [-0.05, 0) is 31.7 Å². The quantitative estimate of drug-likeness (QED) is 0.719. The molecule has 0 aliphatic heterocycles. The van der Waals surface area contributed by atoms with Crippen LogP contribution in [-0.2, 0) is 0 Å². The van der Waals surface area contributed by atoms with Crippen LogP contribution in [0, 0.1) is 0 Å². The first-order chi connectivity index (χ1) is 6.15. The van der Waals surface area contributed by atoms with Gasteiger partial charge in [-0.15, -0.1) is 12.4 Å². The summed E-state index contributed by atoms with van der Waals surface area (Å²) in [4.78, 5) is 0. The number of hydrogen-bond acceptors (Lipinski definition) is 3. The molecule has 1 aromatic carbocycles. The van der Waals surface area contributed by atoms with E-state index in [1.54, 1.807) is 31.3 Å². The number of rotatable bonds is 3. The van der Waals surface area contributed by atoms with Crippen LogP contribution in [-0.4, -0.2) is 23.3 Å². The van der Waals surface area contributed by atoms with Crippen molar-refractivity contribution in [2.24, 2.45) is 0 Å². The number of aromatic hydroxyl groups is 1. The molecular weight excluding hydrogens is 202 g/mol. The maximum absolute atomic E-state index is 9.74. The van der Waals surface area contributed by atoms with Crippen molar-refractivity contribution in [3.63, 3.8) is 0 Å². The van der Waals surface area contributed by atoms with E-state index in [0.29, 0.717) is 0 Å². The fraction of sp³-hybridized carbons (Fsp3) is 0.400. The summed E-state index contributed by atoms with van der Waals surface area (Å²) in [5, 5.41) is 21.7. The van der Waals surface area contributed by atoms with Crippen LogP contribution in [0.15, 0.2) is 24.3 Å². The lowest BCUT2D eigenvalue weighted by Gasteiger charge is -2.18. The van der Waals surface area contributed by atoms with E-state index in [2.05, 4.69) is 5.32 Å². The van der Waals surface area contributed by atoms with Crippen molar-refractivity contribution < 1.29 is 10.2 Å². The third-order valence-corrected chi connectivity index (χ3v) is 2.16. The van der Waals surface area contributed by atoms with E-state index in [0.717, 1.165) is 5.56 Å². The van der Waals surface area contributed by atoms with E-state index >= 15 is 0 Å². The molecule has 0 saturated heterocycles. The number of nitrogens with one attached hydrogen (secondary N) is 1. The van der Waals surface area contributed by atoms with Crippen molar-refractivity contribution in [3.05, 3.63) is 29.8 Å². The van der Waals surface area contributed by atoms with E-state index < -0.39 is 6.10 Å². The van der Waals surface area contributed by atoms with Crippen LogP contribution in [0.2, 0.25) is 0 Å². The molecule has 14 heavy (non-hydrogen) atoms. The van der Waals surface area contributed by atoms with Gasteiger partial charge >= 0.3 is 0 Å². The van der Waals surface area contributed by atoms with Crippen LogP contribution in [0.5, 0.6) is 5.75 Å². The summed E-state index contributed by atoms with van der Waals surface area (Å²) in [6, 6.07) is 6.58. The molecular formula is C10H16ClNO2. The summed E-state index contributed by atoms with van der Waals surface area (Å²) in [7, 11) is 1.80. The van der Waals surface area contributed by atoms with Crippen LogP contribution in [0.4, 0.5) is 0 Å². The van der Waals surface area contributed by atoms with Gasteiger partial charge in [0.1, 0.15) is 5.75 Å². The van der Waals surface area contributed by atoms with Crippen molar-refractivity contribution in [2.75, 3.05) is 7.05 Å².